The van der Waals surface area contributed by atoms with Gasteiger partial charge < -0.3 is 15.2 Å². The molecule has 0 unspecified atom stereocenters. The molecule has 0 aliphatic rings. The second-order valence-corrected chi connectivity index (χ2v) is 4.74. The molecule has 0 saturated heterocycles. The first-order chi connectivity index (χ1) is 9.08. The van der Waals surface area contributed by atoms with Crippen LogP contribution in [-0.4, -0.2) is 5.97 Å². The molecule has 0 saturated carbocycles. The summed E-state index contributed by atoms with van der Waals surface area (Å²) >= 11 is 12.1. The van der Waals surface area contributed by atoms with Gasteiger partial charge in [0.2, 0.25) is 0 Å². The summed E-state index contributed by atoms with van der Waals surface area (Å²) in [5, 5.41) is 14.7. The van der Waals surface area contributed by atoms with Gasteiger partial charge in [0.1, 0.15) is 0 Å². The third kappa shape index (κ3) is 4.40. The molecule has 0 atom stereocenters. The number of rotatable bonds is 4. The van der Waals surface area contributed by atoms with Crippen LogP contribution in [0.15, 0.2) is 42.5 Å². The van der Waals surface area contributed by atoms with Gasteiger partial charge in [0.25, 0.3) is 0 Å². The number of hydrogen-bond donors (Lipinski definition) is 1. The normalized spacial score (nSPS) is 9.70. The number of hydrogen-bond acceptors (Lipinski definition) is 3. The quantitative estimate of drug-likeness (QED) is 0.808. The molecule has 0 bridgehead atoms. The summed E-state index contributed by atoms with van der Waals surface area (Å²) in [5.74, 6) is -1.14. The third-order valence-corrected chi connectivity index (χ3v) is 3.20. The van der Waals surface area contributed by atoms with E-state index in [0.29, 0.717) is 27.0 Å². The van der Waals surface area contributed by atoms with Gasteiger partial charge in [0, 0.05) is 18.1 Å². The van der Waals surface area contributed by atoms with Gasteiger partial charge >= 0.3 is 29.6 Å². The summed E-state index contributed by atoms with van der Waals surface area (Å²) in [6, 6.07) is 12.2. The number of para-hydroxylation sites is 2. The minimum atomic E-state index is -1.14. The van der Waals surface area contributed by atoms with Crippen molar-refractivity contribution in [3.63, 3.8) is 0 Å². The number of carboxylic acid groups (broad SMARTS) is 1. The van der Waals surface area contributed by atoms with Gasteiger partial charge in [-0.1, -0.05) is 47.5 Å². The van der Waals surface area contributed by atoms with Crippen LogP contribution in [-0.2, 0) is 11.2 Å². The van der Waals surface area contributed by atoms with E-state index in [1.54, 1.807) is 42.5 Å². The Morgan fingerprint density at radius 1 is 1.05 bits per heavy atom. The molecule has 0 aliphatic heterocycles. The van der Waals surface area contributed by atoms with E-state index in [4.69, 9.17) is 23.2 Å². The van der Waals surface area contributed by atoms with Crippen LogP contribution in [0.2, 0.25) is 10.0 Å². The summed E-state index contributed by atoms with van der Waals surface area (Å²) in [6.07, 6.45) is -0.175. The second-order valence-electron chi connectivity index (χ2n) is 3.93. The number of aliphatic carboxylic acids is 1. The number of carbonyl (C=O) groups is 1. The summed E-state index contributed by atoms with van der Waals surface area (Å²) in [4.78, 5) is 10.7. The topological polar surface area (TPSA) is 52.2 Å². The molecule has 6 heteroatoms. The fourth-order valence-corrected chi connectivity index (χ4v) is 2.20. The molecule has 2 aromatic rings. The molecule has 20 heavy (non-hydrogen) atoms. The number of nitrogens with one attached hydrogen (secondary N) is 1. The van der Waals surface area contributed by atoms with Crippen molar-refractivity contribution in [2.75, 3.05) is 5.32 Å². The fraction of sp³-hybridized carbons (Fsp3) is 0.0714. The van der Waals surface area contributed by atoms with Crippen molar-refractivity contribution in [3.8, 4) is 0 Å². The molecule has 98 valence electrons. The molecular formula is C14H10Cl2NNaO2. The zero-order chi connectivity index (χ0) is 13.8. The standard InChI is InChI=1S/C14H11Cl2NO2.Na/c15-10-5-3-6-11(16)14(10)17-12-7-2-1-4-9(12)8-13(18)19;/h1-7,17H,8H2,(H,18,19);/q;+1/p-1/i1+1,2+1,4+1,7+1,9+1,12+1;. The van der Waals surface area contributed by atoms with Gasteiger partial charge in [-0.2, -0.15) is 0 Å². The van der Waals surface area contributed by atoms with E-state index in [0.717, 1.165) is 0 Å². The van der Waals surface area contributed by atoms with Crippen LogP contribution in [0.3, 0.4) is 0 Å². The second kappa shape index (κ2) is 7.91. The van der Waals surface area contributed by atoms with Gasteiger partial charge in [-0.25, -0.2) is 0 Å². The molecule has 0 heterocycles. The molecule has 0 aliphatic carbocycles. The zero-order valence-electron chi connectivity index (χ0n) is 10.8. The van der Waals surface area contributed by atoms with Crippen molar-refractivity contribution in [2.45, 2.75) is 6.42 Å². The number of benzene rings is 2. The van der Waals surface area contributed by atoms with E-state index in [-0.39, 0.29) is 36.0 Å². The van der Waals surface area contributed by atoms with Crippen molar-refractivity contribution in [2.24, 2.45) is 0 Å². The average Bonchev–Trinajstić information content (AvgIpc) is 2.35. The molecule has 2 aromatic carbocycles. The Labute approximate surface area is 149 Å². The maximum atomic E-state index is 10.7. The summed E-state index contributed by atoms with van der Waals surface area (Å²) in [6.45, 7) is 0. The van der Waals surface area contributed by atoms with Gasteiger partial charge in [-0.15, -0.1) is 0 Å². The molecule has 2 rings (SSSR count). The van der Waals surface area contributed by atoms with Crippen LogP contribution in [0, 0.1) is 0 Å². The molecule has 3 nitrogen and oxygen atoms in total. The first-order valence-electron chi connectivity index (χ1n) is 5.56. The Hall–Kier alpha value is -0.710. The van der Waals surface area contributed by atoms with Crippen LogP contribution in [0.4, 0.5) is 11.4 Å². The predicted molar refractivity (Wildman–Crippen MR) is 74.9 cm³/mol. The van der Waals surface area contributed by atoms with Gasteiger partial charge in [0.15, 0.2) is 0 Å². The van der Waals surface area contributed by atoms with Gasteiger partial charge in [-0.05, 0) is 23.8 Å². The molecule has 0 radical (unpaired) electrons. The number of halogens is 2. The summed E-state index contributed by atoms with van der Waals surface area (Å²) < 4.78 is 0. The van der Waals surface area contributed by atoms with Crippen molar-refractivity contribution in [3.05, 3.63) is 58.1 Å². The number of carboxylic acids is 1. The maximum absolute atomic E-state index is 10.7. The number of anilines is 2. The minimum absolute atomic E-state index is 0. The van der Waals surface area contributed by atoms with Crippen LogP contribution in [0.25, 0.3) is 0 Å². The molecule has 1 N–H and O–H groups in total. The van der Waals surface area contributed by atoms with Crippen LogP contribution in [0.5, 0.6) is 0 Å². The van der Waals surface area contributed by atoms with Crippen molar-refractivity contribution < 1.29 is 39.5 Å². The van der Waals surface area contributed by atoms with Crippen molar-refractivity contribution in [1.82, 2.24) is 0 Å². The van der Waals surface area contributed by atoms with E-state index in [1.165, 1.54) is 0 Å². The molecule has 0 aromatic heterocycles. The summed E-state index contributed by atoms with van der Waals surface area (Å²) in [7, 11) is 0. The van der Waals surface area contributed by atoms with Crippen molar-refractivity contribution in [1.29, 1.82) is 0 Å². The van der Waals surface area contributed by atoms with E-state index in [2.05, 4.69) is 5.32 Å². The van der Waals surface area contributed by atoms with E-state index < -0.39 is 5.97 Å². The van der Waals surface area contributed by atoms with Crippen LogP contribution in [0.1, 0.15) is 5.56 Å². The Bertz CT molecular complexity index is 600. The Morgan fingerprint density at radius 2 is 1.65 bits per heavy atom. The molecule has 0 spiro atoms. The van der Waals surface area contributed by atoms with Gasteiger partial charge in [-0.3, -0.25) is 0 Å². The maximum Gasteiger partial charge on any atom is 1.00 e. The first kappa shape index (κ1) is 17.3. The smallest absolute Gasteiger partial charge is 0.550 e. The molecular weight excluding hydrogens is 314 g/mol. The van der Waals surface area contributed by atoms with E-state index in [1.807, 2.05) is 0 Å². The average molecular weight is 324 g/mol. The SMILES string of the molecule is O=C([O-])C[13c]1[13cH][13cH][13cH][13cH][13c]1Nc1c(Cl)cccc1Cl.[Na+]. The minimum Gasteiger partial charge on any atom is -0.550 e. The Kier molecular flexibility index (Phi) is 6.86. The first-order valence-corrected chi connectivity index (χ1v) is 6.32. The molecule has 0 fully saturated rings. The van der Waals surface area contributed by atoms with Crippen LogP contribution < -0.4 is 40.0 Å². The van der Waals surface area contributed by atoms with Crippen molar-refractivity contribution >= 4 is 40.5 Å². The Morgan fingerprint density at radius 3 is 2.25 bits per heavy atom. The van der Waals surface area contributed by atoms with E-state index in [9.17, 15) is 9.90 Å². The summed E-state index contributed by atoms with van der Waals surface area (Å²) in [5.41, 5.74) is 1.80. The zero-order valence-corrected chi connectivity index (χ0v) is 14.3. The van der Waals surface area contributed by atoms with E-state index >= 15 is 0 Å². The molecule has 0 amide bonds. The predicted octanol–water partition coefficient (Wildman–Crippen LogP) is 0.0334. The Balaban J connectivity index is 0.00000200. The van der Waals surface area contributed by atoms with Crippen LogP contribution >= 0.6 is 23.2 Å². The fourth-order valence-electron chi connectivity index (χ4n) is 1.70. The largest absolute Gasteiger partial charge is 1.00 e. The number of carbonyl (C=O) groups excluding carboxylic acids is 1. The van der Waals surface area contributed by atoms with Gasteiger partial charge in [0.05, 0.1) is 15.7 Å². The monoisotopic (exact) mass is 323 g/mol. The third-order valence-electron chi connectivity index (χ3n) is 2.57.